The summed E-state index contributed by atoms with van der Waals surface area (Å²) in [6, 6.07) is 13.4. The smallest absolute Gasteiger partial charge is 0.310 e. The monoisotopic (exact) mass is 258 g/mol. The van der Waals surface area contributed by atoms with Gasteiger partial charge in [0.2, 0.25) is 0 Å². The van der Waals surface area contributed by atoms with E-state index in [4.69, 9.17) is 9.84 Å². The van der Waals surface area contributed by atoms with Gasteiger partial charge < -0.3 is 14.9 Å². The molecule has 0 radical (unpaired) electrons. The van der Waals surface area contributed by atoms with Crippen LogP contribution in [0.5, 0.6) is 17.2 Å². The van der Waals surface area contributed by atoms with E-state index < -0.39 is 11.9 Å². The van der Waals surface area contributed by atoms with E-state index in [2.05, 4.69) is 0 Å². The standard InChI is InChI=1S/C15H14O4/c1-10(15(17)18)11-6-8-12(9-7-11)19-14-5-3-2-4-13(14)16/h2-10,16H,1H3,(H,17,18). The number of aromatic hydroxyl groups is 1. The first kappa shape index (κ1) is 13.0. The molecule has 2 aromatic rings. The highest BCUT2D eigenvalue weighted by atomic mass is 16.5. The lowest BCUT2D eigenvalue weighted by Crippen LogP contribution is -2.06. The molecule has 0 aliphatic carbocycles. The Morgan fingerprint density at radius 1 is 1.11 bits per heavy atom. The minimum Gasteiger partial charge on any atom is -0.504 e. The van der Waals surface area contributed by atoms with Crippen molar-refractivity contribution in [1.29, 1.82) is 0 Å². The van der Waals surface area contributed by atoms with Gasteiger partial charge in [-0.1, -0.05) is 24.3 Å². The molecule has 4 heteroatoms. The van der Waals surface area contributed by atoms with E-state index in [-0.39, 0.29) is 5.75 Å². The second kappa shape index (κ2) is 5.44. The molecule has 2 rings (SSSR count). The SMILES string of the molecule is CC(C(=O)O)c1ccc(Oc2ccccc2O)cc1. The lowest BCUT2D eigenvalue weighted by Gasteiger charge is -2.09. The number of hydrogen-bond acceptors (Lipinski definition) is 3. The highest BCUT2D eigenvalue weighted by Gasteiger charge is 2.13. The summed E-state index contributed by atoms with van der Waals surface area (Å²) in [7, 11) is 0. The zero-order valence-electron chi connectivity index (χ0n) is 10.4. The van der Waals surface area contributed by atoms with Gasteiger partial charge in [0.25, 0.3) is 0 Å². The fraction of sp³-hybridized carbons (Fsp3) is 0.133. The number of phenolic OH excluding ortho intramolecular Hbond substituents is 1. The molecule has 4 nitrogen and oxygen atoms in total. The molecule has 2 aromatic carbocycles. The van der Waals surface area contributed by atoms with Crippen molar-refractivity contribution in [3.05, 3.63) is 54.1 Å². The number of para-hydroxylation sites is 2. The third kappa shape index (κ3) is 3.04. The Labute approximate surface area is 110 Å². The van der Waals surface area contributed by atoms with E-state index in [0.717, 1.165) is 0 Å². The van der Waals surface area contributed by atoms with Gasteiger partial charge in [-0.3, -0.25) is 4.79 Å². The maximum absolute atomic E-state index is 10.9. The predicted octanol–water partition coefficient (Wildman–Crippen LogP) is 3.37. The van der Waals surface area contributed by atoms with E-state index in [1.165, 1.54) is 6.07 Å². The largest absolute Gasteiger partial charge is 0.504 e. The fourth-order valence-electron chi connectivity index (χ4n) is 1.64. The fourth-order valence-corrected chi connectivity index (χ4v) is 1.64. The van der Waals surface area contributed by atoms with Crippen LogP contribution in [0.4, 0.5) is 0 Å². The lowest BCUT2D eigenvalue weighted by atomic mass is 10.0. The molecule has 0 spiro atoms. The van der Waals surface area contributed by atoms with Crippen LogP contribution in [-0.2, 0) is 4.79 Å². The summed E-state index contributed by atoms with van der Waals surface area (Å²) in [6.45, 7) is 1.63. The summed E-state index contributed by atoms with van der Waals surface area (Å²) in [4.78, 5) is 10.9. The summed E-state index contributed by atoms with van der Waals surface area (Å²) in [5.41, 5.74) is 0.706. The van der Waals surface area contributed by atoms with Gasteiger partial charge in [-0.25, -0.2) is 0 Å². The molecular formula is C15H14O4. The highest BCUT2D eigenvalue weighted by Crippen LogP contribution is 2.30. The van der Waals surface area contributed by atoms with Crippen LogP contribution in [0.2, 0.25) is 0 Å². The molecule has 98 valence electrons. The Morgan fingerprint density at radius 2 is 1.74 bits per heavy atom. The third-order valence-corrected chi connectivity index (χ3v) is 2.84. The summed E-state index contributed by atoms with van der Waals surface area (Å²) < 4.78 is 5.51. The molecule has 0 bridgehead atoms. The first-order chi connectivity index (χ1) is 9.08. The van der Waals surface area contributed by atoms with Crippen molar-refractivity contribution in [3.8, 4) is 17.2 Å². The maximum atomic E-state index is 10.9. The van der Waals surface area contributed by atoms with Gasteiger partial charge in [0.1, 0.15) is 5.75 Å². The number of ether oxygens (including phenoxy) is 1. The summed E-state index contributed by atoms with van der Waals surface area (Å²) in [5, 5.41) is 18.5. The zero-order valence-corrected chi connectivity index (χ0v) is 10.4. The van der Waals surface area contributed by atoms with Gasteiger partial charge in [-0.05, 0) is 36.8 Å². The van der Waals surface area contributed by atoms with Crippen molar-refractivity contribution in [2.24, 2.45) is 0 Å². The number of aliphatic carboxylic acids is 1. The van der Waals surface area contributed by atoms with Crippen molar-refractivity contribution in [2.75, 3.05) is 0 Å². The molecule has 0 saturated carbocycles. The quantitative estimate of drug-likeness (QED) is 0.882. The number of carboxylic acid groups (broad SMARTS) is 1. The minimum absolute atomic E-state index is 0.0606. The van der Waals surface area contributed by atoms with Gasteiger partial charge >= 0.3 is 5.97 Å². The molecule has 0 aromatic heterocycles. The van der Waals surface area contributed by atoms with Gasteiger partial charge in [0.05, 0.1) is 5.92 Å². The molecule has 19 heavy (non-hydrogen) atoms. The van der Waals surface area contributed by atoms with Gasteiger partial charge in [0, 0.05) is 0 Å². The van der Waals surface area contributed by atoms with E-state index >= 15 is 0 Å². The van der Waals surface area contributed by atoms with E-state index in [1.54, 1.807) is 49.4 Å². The molecular weight excluding hydrogens is 244 g/mol. The molecule has 0 heterocycles. The van der Waals surface area contributed by atoms with Crippen LogP contribution >= 0.6 is 0 Å². The Balaban J connectivity index is 2.15. The molecule has 0 amide bonds. The molecule has 1 unspecified atom stereocenters. The molecule has 1 atom stereocenters. The van der Waals surface area contributed by atoms with Crippen molar-refractivity contribution < 1.29 is 19.7 Å². The van der Waals surface area contributed by atoms with Crippen LogP contribution in [0, 0.1) is 0 Å². The first-order valence-corrected chi connectivity index (χ1v) is 5.86. The molecule has 0 aliphatic heterocycles. The number of benzene rings is 2. The number of hydrogen-bond donors (Lipinski definition) is 2. The topological polar surface area (TPSA) is 66.8 Å². The highest BCUT2D eigenvalue weighted by molar-refractivity contribution is 5.75. The van der Waals surface area contributed by atoms with Crippen LogP contribution in [0.3, 0.4) is 0 Å². The number of carboxylic acids is 1. The number of carbonyl (C=O) groups is 1. The van der Waals surface area contributed by atoms with Crippen molar-refractivity contribution in [1.82, 2.24) is 0 Å². The van der Waals surface area contributed by atoms with Crippen LogP contribution in [0.25, 0.3) is 0 Å². The van der Waals surface area contributed by atoms with Gasteiger partial charge in [-0.2, -0.15) is 0 Å². The molecule has 0 aliphatic rings. The molecule has 2 N–H and O–H groups in total. The van der Waals surface area contributed by atoms with E-state index in [1.807, 2.05) is 0 Å². The Bertz CT molecular complexity index is 575. The van der Waals surface area contributed by atoms with Crippen molar-refractivity contribution in [3.63, 3.8) is 0 Å². The van der Waals surface area contributed by atoms with Crippen LogP contribution in [-0.4, -0.2) is 16.2 Å². The molecule has 0 fully saturated rings. The van der Waals surface area contributed by atoms with Crippen LogP contribution in [0.15, 0.2) is 48.5 Å². The Hall–Kier alpha value is -2.49. The summed E-state index contributed by atoms with van der Waals surface area (Å²) >= 11 is 0. The number of rotatable bonds is 4. The van der Waals surface area contributed by atoms with Gasteiger partial charge in [0.15, 0.2) is 11.5 Å². The third-order valence-electron chi connectivity index (χ3n) is 2.84. The number of phenols is 1. The Kier molecular flexibility index (Phi) is 3.71. The maximum Gasteiger partial charge on any atom is 0.310 e. The first-order valence-electron chi connectivity index (χ1n) is 5.86. The van der Waals surface area contributed by atoms with Crippen LogP contribution in [0.1, 0.15) is 18.4 Å². The normalized spacial score (nSPS) is 11.8. The second-order valence-electron chi connectivity index (χ2n) is 4.20. The Morgan fingerprint density at radius 3 is 2.32 bits per heavy atom. The average Bonchev–Trinajstić information content (AvgIpc) is 2.41. The van der Waals surface area contributed by atoms with E-state index in [9.17, 15) is 9.90 Å². The second-order valence-corrected chi connectivity index (χ2v) is 4.20. The summed E-state index contributed by atoms with van der Waals surface area (Å²) in [5.74, 6) is -0.455. The lowest BCUT2D eigenvalue weighted by molar-refractivity contribution is -0.138. The van der Waals surface area contributed by atoms with Crippen LogP contribution < -0.4 is 4.74 Å². The average molecular weight is 258 g/mol. The van der Waals surface area contributed by atoms with Crippen molar-refractivity contribution >= 4 is 5.97 Å². The van der Waals surface area contributed by atoms with Crippen molar-refractivity contribution in [2.45, 2.75) is 12.8 Å². The van der Waals surface area contributed by atoms with Gasteiger partial charge in [-0.15, -0.1) is 0 Å². The van der Waals surface area contributed by atoms with E-state index in [0.29, 0.717) is 17.1 Å². The zero-order chi connectivity index (χ0) is 13.8. The predicted molar refractivity (Wildman–Crippen MR) is 70.7 cm³/mol. The minimum atomic E-state index is -0.866. The molecule has 0 saturated heterocycles. The summed E-state index contributed by atoms with van der Waals surface area (Å²) in [6.07, 6.45) is 0.